The summed E-state index contributed by atoms with van der Waals surface area (Å²) in [4.78, 5) is 0. The van der Waals surface area contributed by atoms with E-state index < -0.39 is 11.7 Å². The summed E-state index contributed by atoms with van der Waals surface area (Å²) in [7, 11) is 1.64. The summed E-state index contributed by atoms with van der Waals surface area (Å²) >= 11 is 0. The Morgan fingerprint density at radius 3 is 2.39 bits per heavy atom. The van der Waals surface area contributed by atoms with Crippen molar-refractivity contribution in [1.29, 1.82) is 0 Å². The van der Waals surface area contributed by atoms with Gasteiger partial charge in [-0.2, -0.15) is 13.2 Å². The molecule has 1 aromatic carbocycles. The van der Waals surface area contributed by atoms with Crippen LogP contribution in [0.3, 0.4) is 0 Å². The van der Waals surface area contributed by atoms with E-state index in [1.807, 2.05) is 6.92 Å². The van der Waals surface area contributed by atoms with Crippen molar-refractivity contribution in [3.63, 3.8) is 0 Å². The van der Waals surface area contributed by atoms with Crippen molar-refractivity contribution in [1.82, 2.24) is 0 Å². The molecule has 100 valence electrons. The van der Waals surface area contributed by atoms with E-state index in [0.717, 1.165) is 25.3 Å². The smallest absolute Gasteiger partial charge is 0.378 e. The Labute approximate surface area is 105 Å². The van der Waals surface area contributed by atoms with Gasteiger partial charge in [0, 0.05) is 13.0 Å². The lowest BCUT2D eigenvalue weighted by Gasteiger charge is -2.45. The molecule has 1 atom stereocenters. The second kappa shape index (κ2) is 4.57. The van der Waals surface area contributed by atoms with Crippen molar-refractivity contribution < 1.29 is 17.9 Å². The van der Waals surface area contributed by atoms with Crippen LogP contribution in [0.5, 0.6) is 0 Å². The Morgan fingerprint density at radius 2 is 1.94 bits per heavy atom. The van der Waals surface area contributed by atoms with Crippen LogP contribution in [0.15, 0.2) is 24.3 Å². The van der Waals surface area contributed by atoms with Crippen molar-refractivity contribution in [2.45, 2.75) is 43.9 Å². The topological polar surface area (TPSA) is 9.23 Å². The summed E-state index contributed by atoms with van der Waals surface area (Å²) in [6.45, 7) is 1.94. The van der Waals surface area contributed by atoms with E-state index in [-0.39, 0.29) is 11.5 Å². The Kier molecular flexibility index (Phi) is 3.41. The average Bonchev–Trinajstić information content (AvgIpc) is 2.27. The van der Waals surface area contributed by atoms with Gasteiger partial charge < -0.3 is 4.74 Å². The SMILES string of the molecule is COC1(C(C)c2cccc(C(F)(F)F)c2)CCC1. The number of methoxy groups -OCH3 is 1. The van der Waals surface area contributed by atoms with Crippen LogP contribution in [-0.2, 0) is 10.9 Å². The molecule has 2 rings (SSSR count). The Hall–Kier alpha value is -1.03. The number of ether oxygens (including phenoxy) is 1. The summed E-state index contributed by atoms with van der Waals surface area (Å²) < 4.78 is 43.6. The summed E-state index contributed by atoms with van der Waals surface area (Å²) in [6, 6.07) is 5.57. The van der Waals surface area contributed by atoms with Crippen molar-refractivity contribution >= 4 is 0 Å². The molecule has 1 unspecified atom stereocenters. The lowest BCUT2D eigenvalue weighted by Crippen LogP contribution is -2.44. The van der Waals surface area contributed by atoms with E-state index in [2.05, 4.69) is 0 Å². The van der Waals surface area contributed by atoms with Gasteiger partial charge in [0.15, 0.2) is 0 Å². The van der Waals surface area contributed by atoms with Crippen LogP contribution in [0.25, 0.3) is 0 Å². The molecule has 0 amide bonds. The Bertz CT molecular complexity index is 416. The highest BCUT2D eigenvalue weighted by Gasteiger charge is 2.43. The van der Waals surface area contributed by atoms with Crippen LogP contribution in [0.2, 0.25) is 0 Å². The first-order chi connectivity index (χ1) is 8.39. The maximum absolute atomic E-state index is 12.7. The number of benzene rings is 1. The number of rotatable bonds is 3. The van der Waals surface area contributed by atoms with Gasteiger partial charge in [-0.15, -0.1) is 0 Å². The van der Waals surface area contributed by atoms with Crippen LogP contribution in [-0.4, -0.2) is 12.7 Å². The van der Waals surface area contributed by atoms with Gasteiger partial charge >= 0.3 is 6.18 Å². The molecule has 0 bridgehead atoms. The van der Waals surface area contributed by atoms with Crippen LogP contribution in [0.4, 0.5) is 13.2 Å². The Balaban J connectivity index is 2.28. The minimum Gasteiger partial charge on any atom is -0.378 e. The third-order valence-corrected chi connectivity index (χ3v) is 4.11. The number of hydrogen-bond acceptors (Lipinski definition) is 1. The van der Waals surface area contributed by atoms with Gasteiger partial charge in [-0.05, 0) is 30.9 Å². The molecule has 1 saturated carbocycles. The first-order valence-corrected chi connectivity index (χ1v) is 6.11. The first kappa shape index (κ1) is 13.4. The molecule has 4 heteroatoms. The molecular weight excluding hydrogens is 241 g/mol. The average molecular weight is 258 g/mol. The maximum atomic E-state index is 12.7. The second-order valence-corrected chi connectivity index (χ2v) is 4.97. The number of hydrogen-bond donors (Lipinski definition) is 0. The fourth-order valence-corrected chi connectivity index (χ4v) is 2.63. The highest BCUT2D eigenvalue weighted by molar-refractivity contribution is 5.30. The van der Waals surface area contributed by atoms with E-state index in [0.29, 0.717) is 5.56 Å². The van der Waals surface area contributed by atoms with Crippen LogP contribution >= 0.6 is 0 Å². The largest absolute Gasteiger partial charge is 0.416 e. The quantitative estimate of drug-likeness (QED) is 0.781. The molecule has 0 N–H and O–H groups in total. The summed E-state index contributed by atoms with van der Waals surface area (Å²) in [5, 5.41) is 0. The number of alkyl halides is 3. The summed E-state index contributed by atoms with van der Waals surface area (Å²) in [6.07, 6.45) is -1.37. The fraction of sp³-hybridized carbons (Fsp3) is 0.571. The molecule has 1 fully saturated rings. The van der Waals surface area contributed by atoms with Crippen LogP contribution in [0, 0.1) is 0 Å². The van der Waals surface area contributed by atoms with Gasteiger partial charge in [0.25, 0.3) is 0 Å². The molecule has 1 nitrogen and oxygen atoms in total. The van der Waals surface area contributed by atoms with E-state index in [1.165, 1.54) is 12.1 Å². The monoisotopic (exact) mass is 258 g/mol. The predicted octanol–water partition coefficient (Wildman–Crippen LogP) is 4.38. The van der Waals surface area contributed by atoms with E-state index >= 15 is 0 Å². The van der Waals surface area contributed by atoms with Gasteiger partial charge in [-0.3, -0.25) is 0 Å². The zero-order valence-corrected chi connectivity index (χ0v) is 10.6. The van der Waals surface area contributed by atoms with Crippen molar-refractivity contribution in [2.24, 2.45) is 0 Å². The van der Waals surface area contributed by atoms with Crippen molar-refractivity contribution in [3.8, 4) is 0 Å². The normalized spacial score (nSPS) is 20.3. The van der Waals surface area contributed by atoms with E-state index in [1.54, 1.807) is 13.2 Å². The zero-order chi connectivity index (χ0) is 13.4. The van der Waals surface area contributed by atoms with Gasteiger partial charge in [-0.1, -0.05) is 25.1 Å². The standard InChI is InChI=1S/C14H17F3O/c1-10(13(18-2)7-4-8-13)11-5-3-6-12(9-11)14(15,16)17/h3,5-6,9-10H,4,7-8H2,1-2H3. The summed E-state index contributed by atoms with van der Waals surface area (Å²) in [5.41, 5.74) is -0.159. The van der Waals surface area contributed by atoms with Gasteiger partial charge in [-0.25, -0.2) is 0 Å². The van der Waals surface area contributed by atoms with E-state index in [9.17, 15) is 13.2 Å². The molecule has 0 spiro atoms. The molecule has 18 heavy (non-hydrogen) atoms. The third-order valence-electron chi connectivity index (χ3n) is 4.11. The third kappa shape index (κ3) is 2.26. The van der Waals surface area contributed by atoms with Gasteiger partial charge in [0.05, 0.1) is 11.2 Å². The molecule has 0 aliphatic heterocycles. The zero-order valence-electron chi connectivity index (χ0n) is 10.6. The summed E-state index contributed by atoms with van der Waals surface area (Å²) in [5.74, 6) is -0.0152. The minimum atomic E-state index is -4.28. The lowest BCUT2D eigenvalue weighted by molar-refractivity contribution is -0.137. The predicted molar refractivity (Wildman–Crippen MR) is 63.5 cm³/mol. The fourth-order valence-electron chi connectivity index (χ4n) is 2.63. The first-order valence-electron chi connectivity index (χ1n) is 6.11. The van der Waals surface area contributed by atoms with Crippen molar-refractivity contribution in [3.05, 3.63) is 35.4 Å². The molecular formula is C14H17F3O. The maximum Gasteiger partial charge on any atom is 0.416 e. The Morgan fingerprint density at radius 1 is 1.28 bits per heavy atom. The molecule has 1 aromatic rings. The number of halogens is 3. The molecule has 0 aromatic heterocycles. The van der Waals surface area contributed by atoms with E-state index in [4.69, 9.17) is 4.74 Å². The molecule has 0 heterocycles. The minimum absolute atomic E-state index is 0.0152. The molecule has 0 radical (unpaired) electrons. The highest BCUT2D eigenvalue weighted by Crippen LogP contribution is 2.46. The highest BCUT2D eigenvalue weighted by atomic mass is 19.4. The molecule has 0 saturated heterocycles. The van der Waals surface area contributed by atoms with Gasteiger partial charge in [0.1, 0.15) is 0 Å². The molecule has 1 aliphatic rings. The van der Waals surface area contributed by atoms with Gasteiger partial charge in [0.2, 0.25) is 0 Å². The van der Waals surface area contributed by atoms with Crippen molar-refractivity contribution in [2.75, 3.05) is 7.11 Å². The molecule has 1 aliphatic carbocycles. The van der Waals surface area contributed by atoms with Crippen LogP contribution < -0.4 is 0 Å². The second-order valence-electron chi connectivity index (χ2n) is 4.97. The lowest BCUT2D eigenvalue weighted by atomic mass is 9.69. The van der Waals surface area contributed by atoms with Crippen LogP contribution in [0.1, 0.15) is 43.2 Å².